The molecular formula is C16H19ClN2O. The highest BCUT2D eigenvalue weighted by molar-refractivity contribution is 6.29. The third-order valence-electron chi connectivity index (χ3n) is 3.06. The molecule has 1 aromatic carbocycles. The zero-order valence-electron chi connectivity index (χ0n) is 11.6. The Morgan fingerprint density at radius 1 is 1.05 bits per heavy atom. The summed E-state index contributed by atoms with van der Waals surface area (Å²) in [5.41, 5.74) is 2.45. The molecule has 20 heavy (non-hydrogen) atoms. The predicted octanol–water partition coefficient (Wildman–Crippen LogP) is 3.38. The third-order valence-corrected chi connectivity index (χ3v) is 3.28. The predicted molar refractivity (Wildman–Crippen MR) is 81.7 cm³/mol. The van der Waals surface area contributed by atoms with Crippen LogP contribution >= 0.6 is 11.6 Å². The average molecular weight is 291 g/mol. The van der Waals surface area contributed by atoms with Crippen LogP contribution < -0.4 is 0 Å². The molecule has 0 saturated carbocycles. The molecule has 0 aliphatic rings. The van der Waals surface area contributed by atoms with Gasteiger partial charge in [-0.2, -0.15) is 0 Å². The van der Waals surface area contributed by atoms with Crippen molar-refractivity contribution in [3.05, 3.63) is 64.9 Å². The molecule has 0 bridgehead atoms. The fourth-order valence-corrected chi connectivity index (χ4v) is 2.15. The maximum absolute atomic E-state index is 5.82. The molecule has 0 amide bonds. The second-order valence-electron chi connectivity index (χ2n) is 4.68. The molecule has 0 saturated heterocycles. The lowest BCUT2D eigenvalue weighted by Gasteiger charge is -2.22. The Labute approximate surface area is 125 Å². The van der Waals surface area contributed by atoms with Gasteiger partial charge in [0.15, 0.2) is 0 Å². The van der Waals surface area contributed by atoms with Crippen molar-refractivity contribution in [3.63, 3.8) is 0 Å². The molecule has 0 unspecified atom stereocenters. The number of hydrogen-bond acceptors (Lipinski definition) is 3. The summed E-state index contributed by atoms with van der Waals surface area (Å²) in [7, 11) is 1.73. The quantitative estimate of drug-likeness (QED) is 0.731. The second kappa shape index (κ2) is 8.00. The second-order valence-corrected chi connectivity index (χ2v) is 5.07. The zero-order chi connectivity index (χ0) is 14.2. The fourth-order valence-electron chi connectivity index (χ4n) is 2.03. The van der Waals surface area contributed by atoms with Crippen LogP contribution in [0, 0.1) is 0 Å². The Kier molecular flexibility index (Phi) is 5.99. The van der Waals surface area contributed by atoms with Crippen molar-refractivity contribution in [2.75, 3.05) is 20.3 Å². The Bertz CT molecular complexity index is 502. The number of rotatable bonds is 7. The first kappa shape index (κ1) is 15.0. The van der Waals surface area contributed by atoms with Gasteiger partial charge in [0.1, 0.15) is 5.15 Å². The van der Waals surface area contributed by atoms with E-state index in [1.165, 1.54) is 5.56 Å². The minimum Gasteiger partial charge on any atom is -0.383 e. The summed E-state index contributed by atoms with van der Waals surface area (Å²) in [4.78, 5) is 6.46. The van der Waals surface area contributed by atoms with Gasteiger partial charge in [0.25, 0.3) is 0 Å². The first-order valence-corrected chi connectivity index (χ1v) is 7.01. The number of nitrogens with zero attached hydrogens (tertiary/aromatic N) is 2. The maximum Gasteiger partial charge on any atom is 0.129 e. The summed E-state index contributed by atoms with van der Waals surface area (Å²) in [5.74, 6) is 0. The van der Waals surface area contributed by atoms with Crippen molar-refractivity contribution in [3.8, 4) is 0 Å². The van der Waals surface area contributed by atoms with Gasteiger partial charge in [0, 0.05) is 32.9 Å². The summed E-state index contributed by atoms with van der Waals surface area (Å²) >= 11 is 5.82. The molecule has 0 fully saturated rings. The molecule has 0 N–H and O–H groups in total. The molecule has 4 heteroatoms. The minimum absolute atomic E-state index is 0.528. The van der Waals surface area contributed by atoms with Crippen LogP contribution in [0.3, 0.4) is 0 Å². The number of halogens is 1. The SMILES string of the molecule is COCCN(Cc1ccccc1)Cc1ccc(Cl)nc1. The van der Waals surface area contributed by atoms with Crippen molar-refractivity contribution in [1.82, 2.24) is 9.88 Å². The lowest BCUT2D eigenvalue weighted by molar-refractivity contribution is 0.140. The van der Waals surface area contributed by atoms with E-state index < -0.39 is 0 Å². The summed E-state index contributed by atoms with van der Waals surface area (Å²) in [6, 6.07) is 14.3. The van der Waals surface area contributed by atoms with Crippen molar-refractivity contribution < 1.29 is 4.74 Å². The van der Waals surface area contributed by atoms with E-state index in [4.69, 9.17) is 16.3 Å². The van der Waals surface area contributed by atoms with Crippen LogP contribution in [0.25, 0.3) is 0 Å². The molecule has 1 aromatic heterocycles. The highest BCUT2D eigenvalue weighted by Gasteiger charge is 2.07. The van der Waals surface area contributed by atoms with Gasteiger partial charge in [-0.15, -0.1) is 0 Å². The molecule has 2 rings (SSSR count). The standard InChI is InChI=1S/C16H19ClN2O/c1-20-10-9-19(12-14-5-3-2-4-6-14)13-15-7-8-16(17)18-11-15/h2-8,11H,9-10,12-13H2,1H3. The van der Waals surface area contributed by atoms with E-state index in [0.717, 1.165) is 25.2 Å². The van der Waals surface area contributed by atoms with Gasteiger partial charge in [0.2, 0.25) is 0 Å². The fraction of sp³-hybridized carbons (Fsp3) is 0.312. The van der Waals surface area contributed by atoms with E-state index >= 15 is 0 Å². The molecule has 0 aliphatic carbocycles. The van der Waals surface area contributed by atoms with Crippen LogP contribution in [0.4, 0.5) is 0 Å². The normalized spacial score (nSPS) is 10.9. The molecule has 106 valence electrons. The highest BCUT2D eigenvalue weighted by atomic mass is 35.5. The largest absolute Gasteiger partial charge is 0.383 e. The Balaban J connectivity index is 2.01. The Morgan fingerprint density at radius 3 is 2.45 bits per heavy atom. The van der Waals surface area contributed by atoms with Crippen molar-refractivity contribution in [2.45, 2.75) is 13.1 Å². The summed E-state index contributed by atoms with van der Waals surface area (Å²) in [5, 5.41) is 0.528. The highest BCUT2D eigenvalue weighted by Crippen LogP contribution is 2.11. The lowest BCUT2D eigenvalue weighted by Crippen LogP contribution is -2.26. The van der Waals surface area contributed by atoms with Crippen LogP contribution in [0.2, 0.25) is 5.15 Å². The summed E-state index contributed by atoms with van der Waals surface area (Å²) < 4.78 is 5.19. The maximum atomic E-state index is 5.82. The number of pyridine rings is 1. The van der Waals surface area contributed by atoms with E-state index in [2.05, 4.69) is 34.1 Å². The molecule has 0 radical (unpaired) electrons. The molecule has 1 heterocycles. The van der Waals surface area contributed by atoms with Gasteiger partial charge < -0.3 is 4.74 Å². The van der Waals surface area contributed by atoms with E-state index in [0.29, 0.717) is 11.8 Å². The van der Waals surface area contributed by atoms with E-state index in [1.54, 1.807) is 7.11 Å². The first-order valence-electron chi connectivity index (χ1n) is 6.63. The van der Waals surface area contributed by atoms with E-state index in [-0.39, 0.29) is 0 Å². The molecule has 0 spiro atoms. The van der Waals surface area contributed by atoms with Crippen molar-refractivity contribution >= 4 is 11.6 Å². The van der Waals surface area contributed by atoms with E-state index in [1.807, 2.05) is 24.4 Å². The average Bonchev–Trinajstić information content (AvgIpc) is 2.48. The molecular weight excluding hydrogens is 272 g/mol. The van der Waals surface area contributed by atoms with Gasteiger partial charge in [-0.1, -0.05) is 48.0 Å². The number of ether oxygens (including phenoxy) is 1. The third kappa shape index (κ3) is 4.93. The van der Waals surface area contributed by atoms with Gasteiger partial charge in [-0.3, -0.25) is 4.90 Å². The van der Waals surface area contributed by atoms with Gasteiger partial charge >= 0.3 is 0 Å². The Morgan fingerprint density at radius 2 is 1.80 bits per heavy atom. The molecule has 0 aliphatic heterocycles. The van der Waals surface area contributed by atoms with Gasteiger partial charge in [-0.25, -0.2) is 4.98 Å². The first-order chi connectivity index (χ1) is 9.78. The van der Waals surface area contributed by atoms with Crippen LogP contribution in [0.5, 0.6) is 0 Å². The summed E-state index contributed by atoms with van der Waals surface area (Å²) in [6.45, 7) is 3.33. The van der Waals surface area contributed by atoms with Crippen LogP contribution in [-0.2, 0) is 17.8 Å². The van der Waals surface area contributed by atoms with E-state index in [9.17, 15) is 0 Å². The lowest BCUT2D eigenvalue weighted by atomic mass is 10.2. The number of benzene rings is 1. The monoisotopic (exact) mass is 290 g/mol. The number of hydrogen-bond donors (Lipinski definition) is 0. The number of aromatic nitrogens is 1. The smallest absolute Gasteiger partial charge is 0.129 e. The van der Waals surface area contributed by atoms with Crippen molar-refractivity contribution in [1.29, 1.82) is 0 Å². The molecule has 2 aromatic rings. The molecule has 3 nitrogen and oxygen atoms in total. The topological polar surface area (TPSA) is 25.4 Å². The van der Waals surface area contributed by atoms with Crippen LogP contribution in [-0.4, -0.2) is 30.1 Å². The van der Waals surface area contributed by atoms with Crippen LogP contribution in [0.15, 0.2) is 48.7 Å². The zero-order valence-corrected chi connectivity index (χ0v) is 12.4. The van der Waals surface area contributed by atoms with Crippen molar-refractivity contribution in [2.24, 2.45) is 0 Å². The molecule has 0 atom stereocenters. The minimum atomic E-state index is 0.528. The van der Waals surface area contributed by atoms with Gasteiger partial charge in [0.05, 0.1) is 6.61 Å². The number of methoxy groups -OCH3 is 1. The van der Waals surface area contributed by atoms with Crippen LogP contribution in [0.1, 0.15) is 11.1 Å². The summed E-state index contributed by atoms with van der Waals surface area (Å²) in [6.07, 6.45) is 1.83. The Hall–Kier alpha value is -1.42. The van der Waals surface area contributed by atoms with Gasteiger partial charge in [-0.05, 0) is 17.2 Å².